The van der Waals surface area contributed by atoms with Gasteiger partial charge in [0.05, 0.1) is 24.7 Å². The highest BCUT2D eigenvalue weighted by molar-refractivity contribution is 5.97. The molecule has 21 heavy (non-hydrogen) atoms. The first-order valence-electron chi connectivity index (χ1n) is 6.60. The molecule has 0 amide bonds. The van der Waals surface area contributed by atoms with Crippen LogP contribution in [0.4, 0.5) is 4.39 Å². The van der Waals surface area contributed by atoms with Crippen molar-refractivity contribution >= 4 is 16.7 Å². The molecular weight excluding hydrogens is 269 g/mol. The number of rotatable bonds is 4. The lowest BCUT2D eigenvalue weighted by molar-refractivity contribution is 0.0969. The average molecular weight is 283 g/mol. The van der Waals surface area contributed by atoms with Crippen molar-refractivity contribution in [2.45, 2.75) is 6.54 Å². The Labute approximate surface area is 121 Å². The van der Waals surface area contributed by atoms with Gasteiger partial charge in [0.1, 0.15) is 11.6 Å². The molecule has 1 heterocycles. The van der Waals surface area contributed by atoms with Crippen molar-refractivity contribution in [3.63, 3.8) is 0 Å². The van der Waals surface area contributed by atoms with Gasteiger partial charge in [-0.1, -0.05) is 18.2 Å². The second-order valence-electron chi connectivity index (χ2n) is 4.74. The van der Waals surface area contributed by atoms with Crippen molar-refractivity contribution in [1.82, 2.24) is 4.57 Å². The first-order valence-corrected chi connectivity index (χ1v) is 6.60. The molecule has 3 rings (SSSR count). The number of carbonyl (C=O) groups excluding carboxylic acids is 1. The summed E-state index contributed by atoms with van der Waals surface area (Å²) in [6, 6.07) is 13.6. The molecule has 3 aromatic rings. The third kappa shape index (κ3) is 2.40. The minimum Gasteiger partial charge on any atom is -0.496 e. The highest BCUT2D eigenvalue weighted by Gasteiger charge is 2.13. The van der Waals surface area contributed by atoms with Gasteiger partial charge in [-0.3, -0.25) is 4.79 Å². The molecule has 0 saturated heterocycles. The van der Waals surface area contributed by atoms with E-state index < -0.39 is 5.82 Å². The summed E-state index contributed by atoms with van der Waals surface area (Å²) in [6.07, 6.45) is 1.81. The largest absolute Gasteiger partial charge is 0.496 e. The summed E-state index contributed by atoms with van der Waals surface area (Å²) in [4.78, 5) is 12.2. The van der Waals surface area contributed by atoms with E-state index in [9.17, 15) is 9.18 Å². The maximum absolute atomic E-state index is 13.7. The van der Waals surface area contributed by atoms with E-state index in [0.717, 1.165) is 16.7 Å². The Bertz CT molecular complexity index is 807. The number of hydrogen-bond donors (Lipinski definition) is 0. The summed E-state index contributed by atoms with van der Waals surface area (Å²) >= 11 is 0. The molecule has 3 nitrogen and oxygen atoms in total. The molecule has 0 atom stereocenters. The van der Waals surface area contributed by atoms with E-state index >= 15 is 0 Å². The van der Waals surface area contributed by atoms with E-state index in [1.807, 2.05) is 30.5 Å². The van der Waals surface area contributed by atoms with Crippen LogP contribution in [0.3, 0.4) is 0 Å². The third-order valence-corrected chi connectivity index (χ3v) is 3.48. The van der Waals surface area contributed by atoms with Crippen LogP contribution in [0.1, 0.15) is 10.4 Å². The molecule has 2 aromatic carbocycles. The van der Waals surface area contributed by atoms with Crippen molar-refractivity contribution in [2.75, 3.05) is 7.11 Å². The fourth-order valence-electron chi connectivity index (χ4n) is 2.44. The summed E-state index contributed by atoms with van der Waals surface area (Å²) in [5.74, 6) is 0.00885. The highest BCUT2D eigenvalue weighted by atomic mass is 19.1. The Balaban J connectivity index is 1.96. The summed E-state index contributed by atoms with van der Waals surface area (Å²) in [6.45, 7) is 0.0948. The van der Waals surface area contributed by atoms with Gasteiger partial charge in [0.2, 0.25) is 0 Å². The summed E-state index contributed by atoms with van der Waals surface area (Å²) in [5.41, 5.74) is 1.00. The normalized spacial score (nSPS) is 10.8. The molecule has 0 fully saturated rings. The predicted octanol–water partition coefficient (Wildman–Crippen LogP) is 3.67. The van der Waals surface area contributed by atoms with Crippen LogP contribution in [0.15, 0.2) is 54.7 Å². The molecular formula is C17H14FNO2. The molecule has 1 aromatic heterocycles. The maximum atomic E-state index is 13.7. The van der Waals surface area contributed by atoms with Crippen LogP contribution in [0.2, 0.25) is 0 Å². The van der Waals surface area contributed by atoms with Crippen molar-refractivity contribution < 1.29 is 13.9 Å². The minimum absolute atomic E-state index is 0.0948. The number of carbonyl (C=O) groups is 1. The SMILES string of the molecule is COc1cccc2c1ccn2CC(=O)c1ccccc1F. The van der Waals surface area contributed by atoms with Crippen LogP contribution in [0.5, 0.6) is 5.75 Å². The average Bonchev–Trinajstić information content (AvgIpc) is 2.91. The second-order valence-corrected chi connectivity index (χ2v) is 4.74. The summed E-state index contributed by atoms with van der Waals surface area (Å²) < 4.78 is 20.7. The van der Waals surface area contributed by atoms with Crippen molar-refractivity contribution in [3.8, 4) is 5.75 Å². The van der Waals surface area contributed by atoms with Gasteiger partial charge < -0.3 is 9.30 Å². The number of fused-ring (bicyclic) bond motifs is 1. The third-order valence-electron chi connectivity index (χ3n) is 3.48. The summed E-state index contributed by atoms with van der Waals surface area (Å²) in [5, 5.41) is 0.932. The number of ketones is 1. The lowest BCUT2D eigenvalue weighted by Gasteiger charge is -2.07. The Morgan fingerprint density at radius 2 is 1.95 bits per heavy atom. The quantitative estimate of drug-likeness (QED) is 0.684. The molecule has 0 unspecified atom stereocenters. The lowest BCUT2D eigenvalue weighted by atomic mass is 10.1. The number of benzene rings is 2. The van der Waals surface area contributed by atoms with Gasteiger partial charge in [-0.05, 0) is 30.3 Å². The number of Topliss-reactive ketones (excluding diaryl/α,β-unsaturated/α-hetero) is 1. The van der Waals surface area contributed by atoms with Gasteiger partial charge in [-0.25, -0.2) is 4.39 Å². The molecule has 4 heteroatoms. The van der Waals surface area contributed by atoms with Crippen LogP contribution in [0, 0.1) is 5.82 Å². The van der Waals surface area contributed by atoms with E-state index in [1.54, 1.807) is 23.8 Å². The zero-order chi connectivity index (χ0) is 14.8. The zero-order valence-corrected chi connectivity index (χ0v) is 11.5. The van der Waals surface area contributed by atoms with Crippen molar-refractivity contribution in [2.24, 2.45) is 0 Å². The van der Waals surface area contributed by atoms with E-state index in [1.165, 1.54) is 12.1 Å². The molecule has 0 spiro atoms. The molecule has 0 bridgehead atoms. The van der Waals surface area contributed by atoms with Crippen LogP contribution in [0.25, 0.3) is 10.9 Å². The van der Waals surface area contributed by atoms with Gasteiger partial charge in [-0.15, -0.1) is 0 Å². The van der Waals surface area contributed by atoms with Gasteiger partial charge in [0, 0.05) is 11.6 Å². The van der Waals surface area contributed by atoms with Crippen LogP contribution < -0.4 is 4.74 Å². The summed E-state index contributed by atoms with van der Waals surface area (Å²) in [7, 11) is 1.61. The number of ether oxygens (including phenoxy) is 1. The standard InChI is InChI=1S/C17H14FNO2/c1-21-17-8-4-7-15-13(17)9-10-19(15)11-16(20)12-5-2-3-6-14(12)18/h2-10H,11H2,1H3. The molecule has 0 aliphatic heterocycles. The number of hydrogen-bond acceptors (Lipinski definition) is 2. The predicted molar refractivity (Wildman–Crippen MR) is 79.2 cm³/mol. The molecule has 0 aliphatic carbocycles. The van der Waals surface area contributed by atoms with Gasteiger partial charge in [0.25, 0.3) is 0 Å². The fraction of sp³-hybridized carbons (Fsp3) is 0.118. The first-order chi connectivity index (χ1) is 10.2. The van der Waals surface area contributed by atoms with Crippen LogP contribution in [-0.2, 0) is 6.54 Å². The molecule has 0 aliphatic rings. The van der Waals surface area contributed by atoms with Crippen LogP contribution >= 0.6 is 0 Å². The number of methoxy groups -OCH3 is 1. The fourth-order valence-corrected chi connectivity index (χ4v) is 2.44. The molecule has 0 radical (unpaired) electrons. The smallest absolute Gasteiger partial charge is 0.185 e. The Hall–Kier alpha value is -2.62. The maximum Gasteiger partial charge on any atom is 0.185 e. The monoisotopic (exact) mass is 283 g/mol. The molecule has 0 N–H and O–H groups in total. The minimum atomic E-state index is -0.489. The van der Waals surface area contributed by atoms with Gasteiger partial charge in [0.15, 0.2) is 5.78 Å². The van der Waals surface area contributed by atoms with E-state index in [0.29, 0.717) is 0 Å². The zero-order valence-electron chi connectivity index (χ0n) is 11.5. The van der Waals surface area contributed by atoms with Crippen molar-refractivity contribution in [3.05, 3.63) is 66.1 Å². The van der Waals surface area contributed by atoms with Crippen molar-refractivity contribution in [1.29, 1.82) is 0 Å². The lowest BCUT2D eigenvalue weighted by Crippen LogP contribution is -2.11. The Morgan fingerprint density at radius 1 is 1.14 bits per heavy atom. The number of aromatic nitrogens is 1. The van der Waals surface area contributed by atoms with Gasteiger partial charge in [-0.2, -0.15) is 0 Å². The topological polar surface area (TPSA) is 31.2 Å². The number of nitrogens with zero attached hydrogens (tertiary/aromatic N) is 1. The Morgan fingerprint density at radius 3 is 2.71 bits per heavy atom. The molecule has 106 valence electrons. The highest BCUT2D eigenvalue weighted by Crippen LogP contribution is 2.26. The molecule has 0 saturated carbocycles. The van der Waals surface area contributed by atoms with E-state index in [4.69, 9.17) is 4.74 Å². The van der Waals surface area contributed by atoms with Gasteiger partial charge >= 0.3 is 0 Å². The number of halogens is 1. The van der Waals surface area contributed by atoms with E-state index in [-0.39, 0.29) is 17.9 Å². The van der Waals surface area contributed by atoms with E-state index in [2.05, 4.69) is 0 Å². The second kappa shape index (κ2) is 5.40. The Kier molecular flexibility index (Phi) is 3.44. The first kappa shape index (κ1) is 13.4. The van der Waals surface area contributed by atoms with Crippen LogP contribution in [-0.4, -0.2) is 17.5 Å².